The van der Waals surface area contributed by atoms with Crippen LogP contribution < -0.4 is 9.80 Å². The van der Waals surface area contributed by atoms with Gasteiger partial charge in [0.2, 0.25) is 0 Å². The molecule has 1 aromatic heterocycles. The summed E-state index contributed by atoms with van der Waals surface area (Å²) in [5.74, 6) is 9.20. The third kappa shape index (κ3) is 2.97. The molecule has 0 radical (unpaired) electrons. The van der Waals surface area contributed by atoms with Crippen molar-refractivity contribution in [3.8, 4) is 11.8 Å². The molecular weight excluding hydrogens is 426 g/mol. The number of hydrogen-bond acceptors (Lipinski definition) is 3. The van der Waals surface area contributed by atoms with Gasteiger partial charge in [0.25, 0.3) is 0 Å². The molecule has 0 saturated heterocycles. The molecule has 4 unspecified atom stereocenters. The van der Waals surface area contributed by atoms with Crippen LogP contribution in [-0.2, 0) is 0 Å². The third-order valence-electron chi connectivity index (χ3n) is 7.57. The van der Waals surface area contributed by atoms with Crippen LogP contribution in [0.1, 0.15) is 29.9 Å². The van der Waals surface area contributed by atoms with Gasteiger partial charge in [0, 0.05) is 17.3 Å². The number of nitrogens with zero attached hydrogens (tertiary/aromatic N) is 3. The maximum Gasteiger partial charge on any atom is 0.136 e. The fraction of sp³-hybridized carbons (Fsp3) is 0.156. The molecule has 4 atom stereocenters. The Balaban J connectivity index is 1.40. The van der Waals surface area contributed by atoms with Crippen LogP contribution >= 0.6 is 0 Å². The zero-order valence-corrected chi connectivity index (χ0v) is 19.5. The van der Waals surface area contributed by atoms with E-state index in [9.17, 15) is 0 Å². The summed E-state index contributed by atoms with van der Waals surface area (Å²) in [5, 5.41) is 0. The second-order valence-corrected chi connectivity index (χ2v) is 9.61. The van der Waals surface area contributed by atoms with E-state index in [4.69, 9.17) is 4.98 Å². The maximum absolute atomic E-state index is 5.30. The van der Waals surface area contributed by atoms with Gasteiger partial charge in [0.1, 0.15) is 17.7 Å². The second kappa shape index (κ2) is 7.61. The van der Waals surface area contributed by atoms with Gasteiger partial charge < -0.3 is 9.80 Å². The van der Waals surface area contributed by atoms with Crippen LogP contribution in [0.5, 0.6) is 0 Å². The van der Waals surface area contributed by atoms with E-state index in [0.717, 1.165) is 17.3 Å². The van der Waals surface area contributed by atoms with Crippen LogP contribution in [0.2, 0.25) is 0 Å². The summed E-state index contributed by atoms with van der Waals surface area (Å²) >= 11 is 0. The van der Waals surface area contributed by atoms with Crippen LogP contribution in [0, 0.1) is 11.8 Å². The number of fused-ring (bicyclic) bond motifs is 7. The van der Waals surface area contributed by atoms with Crippen molar-refractivity contribution in [1.82, 2.24) is 4.98 Å². The molecule has 168 valence electrons. The Bertz CT molecular complexity index is 1510. The standard InChI is InChI=1S/C32H25N3/c1-32-22-9-8-15-27(32)26-14-5-7-17-29(26)35(32)31-19-10-18-30(33-31)34-24-12-3-2-11-23(20-21-24)25-13-4-6-16-28(25)34/h2-19,22-24,27H,1H3/b11-2?,12-3-. The maximum atomic E-state index is 5.30. The normalized spacial score (nSPS) is 27.7. The first-order valence-corrected chi connectivity index (χ1v) is 12.2. The van der Waals surface area contributed by atoms with E-state index in [2.05, 4.69) is 144 Å². The summed E-state index contributed by atoms with van der Waals surface area (Å²) in [6, 6.07) is 23.5. The van der Waals surface area contributed by atoms with Crippen LogP contribution in [0.3, 0.4) is 0 Å². The zero-order chi connectivity index (χ0) is 23.4. The molecule has 4 aliphatic rings. The lowest BCUT2D eigenvalue weighted by atomic mass is 9.80. The van der Waals surface area contributed by atoms with Crippen molar-refractivity contribution in [3.05, 3.63) is 126 Å². The molecule has 2 aliphatic carbocycles. The molecule has 0 N–H and O–H groups in total. The highest BCUT2D eigenvalue weighted by Gasteiger charge is 2.47. The number of rotatable bonds is 2. The number of para-hydroxylation sites is 2. The van der Waals surface area contributed by atoms with Crippen molar-refractivity contribution in [1.29, 1.82) is 0 Å². The molecular formula is C32H25N3. The van der Waals surface area contributed by atoms with Crippen molar-refractivity contribution in [2.24, 2.45) is 0 Å². The van der Waals surface area contributed by atoms with Gasteiger partial charge in [-0.2, -0.15) is 0 Å². The number of anilines is 4. The molecule has 7 rings (SSSR count). The number of aromatic nitrogens is 1. The Morgan fingerprint density at radius 1 is 0.714 bits per heavy atom. The predicted octanol–water partition coefficient (Wildman–Crippen LogP) is 6.93. The van der Waals surface area contributed by atoms with Gasteiger partial charge in [-0.3, -0.25) is 0 Å². The lowest BCUT2D eigenvalue weighted by Crippen LogP contribution is -2.42. The Kier molecular flexibility index (Phi) is 4.38. The quantitative estimate of drug-likeness (QED) is 0.394. The lowest BCUT2D eigenvalue weighted by Gasteiger charge is -2.39. The van der Waals surface area contributed by atoms with Gasteiger partial charge in [0.05, 0.1) is 11.5 Å². The molecule has 2 bridgehead atoms. The van der Waals surface area contributed by atoms with E-state index >= 15 is 0 Å². The van der Waals surface area contributed by atoms with E-state index in [1.165, 1.54) is 16.8 Å². The van der Waals surface area contributed by atoms with E-state index < -0.39 is 0 Å². The first-order chi connectivity index (χ1) is 17.2. The Morgan fingerprint density at radius 2 is 1.46 bits per heavy atom. The van der Waals surface area contributed by atoms with Crippen molar-refractivity contribution in [2.45, 2.75) is 30.3 Å². The molecule has 0 saturated carbocycles. The van der Waals surface area contributed by atoms with E-state index in [0.29, 0.717) is 0 Å². The van der Waals surface area contributed by atoms with Gasteiger partial charge in [-0.1, -0.05) is 96.8 Å². The van der Waals surface area contributed by atoms with Gasteiger partial charge in [-0.25, -0.2) is 4.98 Å². The Labute approximate surface area is 206 Å². The van der Waals surface area contributed by atoms with E-state index in [1.807, 2.05) is 0 Å². The Hall–Kier alpha value is -4.29. The first kappa shape index (κ1) is 20.1. The number of allylic oxidation sites excluding steroid dienone is 5. The summed E-state index contributed by atoms with van der Waals surface area (Å²) < 4.78 is 0. The second-order valence-electron chi connectivity index (χ2n) is 9.61. The highest BCUT2D eigenvalue weighted by atomic mass is 15.3. The van der Waals surface area contributed by atoms with Gasteiger partial charge in [-0.15, -0.1) is 0 Å². The number of benzene rings is 2. The Morgan fingerprint density at radius 3 is 2.37 bits per heavy atom. The van der Waals surface area contributed by atoms with Crippen molar-refractivity contribution < 1.29 is 0 Å². The lowest BCUT2D eigenvalue weighted by molar-refractivity contribution is 0.539. The fourth-order valence-corrected chi connectivity index (χ4v) is 5.94. The highest BCUT2D eigenvalue weighted by Crippen LogP contribution is 2.53. The molecule has 3 aromatic rings. The van der Waals surface area contributed by atoms with Crippen LogP contribution in [0.15, 0.2) is 115 Å². The van der Waals surface area contributed by atoms with Crippen LogP contribution in [0.4, 0.5) is 23.0 Å². The van der Waals surface area contributed by atoms with Crippen LogP contribution in [0.25, 0.3) is 0 Å². The summed E-state index contributed by atoms with van der Waals surface area (Å²) in [4.78, 5) is 9.99. The average molecular weight is 452 g/mol. The average Bonchev–Trinajstić information content (AvgIpc) is 3.08. The number of pyridine rings is 1. The van der Waals surface area contributed by atoms with Crippen molar-refractivity contribution in [3.63, 3.8) is 0 Å². The molecule has 3 heteroatoms. The minimum Gasteiger partial charge on any atom is -0.316 e. The summed E-state index contributed by atoms with van der Waals surface area (Å²) in [6.45, 7) is 2.31. The zero-order valence-electron chi connectivity index (χ0n) is 19.5. The summed E-state index contributed by atoms with van der Waals surface area (Å²) in [5.41, 5.74) is 4.71. The fourth-order valence-electron chi connectivity index (χ4n) is 5.94. The molecule has 2 aromatic carbocycles. The number of hydrogen-bond donors (Lipinski definition) is 0. The largest absolute Gasteiger partial charge is 0.316 e. The third-order valence-corrected chi connectivity index (χ3v) is 7.57. The SMILES string of the molecule is CC12C=CC=CC1c1ccccc1N2c1cccc(N2c3ccccc3C3C#CC2/C=C\C=C3)n1. The highest BCUT2D eigenvalue weighted by molar-refractivity contribution is 5.78. The van der Waals surface area contributed by atoms with Gasteiger partial charge in [0.15, 0.2) is 0 Å². The molecule has 3 heterocycles. The van der Waals surface area contributed by atoms with Gasteiger partial charge >= 0.3 is 0 Å². The van der Waals surface area contributed by atoms with Crippen LogP contribution in [-0.4, -0.2) is 16.6 Å². The smallest absolute Gasteiger partial charge is 0.136 e. The monoisotopic (exact) mass is 451 g/mol. The summed E-state index contributed by atoms with van der Waals surface area (Å²) in [6.07, 6.45) is 17.5. The molecule has 0 fully saturated rings. The predicted molar refractivity (Wildman–Crippen MR) is 143 cm³/mol. The topological polar surface area (TPSA) is 19.4 Å². The molecule has 3 nitrogen and oxygen atoms in total. The first-order valence-electron chi connectivity index (χ1n) is 12.2. The molecule has 0 spiro atoms. The van der Waals surface area contributed by atoms with E-state index in [1.54, 1.807) is 0 Å². The van der Waals surface area contributed by atoms with E-state index in [-0.39, 0.29) is 23.4 Å². The minimum atomic E-state index is -0.211. The summed E-state index contributed by atoms with van der Waals surface area (Å²) in [7, 11) is 0. The molecule has 35 heavy (non-hydrogen) atoms. The van der Waals surface area contributed by atoms with Gasteiger partial charge in [-0.05, 0) is 48.4 Å². The van der Waals surface area contributed by atoms with Crippen molar-refractivity contribution in [2.75, 3.05) is 9.80 Å². The minimum absolute atomic E-state index is 0.0797. The van der Waals surface area contributed by atoms with Crippen molar-refractivity contribution >= 4 is 23.0 Å². The molecule has 0 amide bonds. The molecule has 2 aliphatic heterocycles.